The first-order valence-corrected chi connectivity index (χ1v) is 8.23. The average molecular weight is 329 g/mol. The molecule has 2 aromatic rings. The van der Waals surface area contributed by atoms with E-state index in [2.05, 4.69) is 34.0 Å². The Labute approximate surface area is 141 Å². The number of carbonyl (C=O) groups is 1. The van der Waals surface area contributed by atoms with E-state index in [9.17, 15) is 4.79 Å². The highest BCUT2D eigenvalue weighted by atomic mass is 16.3. The van der Waals surface area contributed by atoms with Crippen LogP contribution in [0.4, 0.5) is 11.8 Å². The molecule has 1 saturated heterocycles. The number of nitrogens with one attached hydrogen (secondary N) is 1. The van der Waals surface area contributed by atoms with Crippen molar-refractivity contribution in [2.45, 2.75) is 26.8 Å². The fourth-order valence-electron chi connectivity index (χ4n) is 2.73. The number of anilines is 2. The zero-order valence-electron chi connectivity index (χ0n) is 14.3. The topological polar surface area (TPSA) is 74.5 Å². The standard InChI is InChI=1S/C17H23N5O2/c1-12(2)18-15-11-13(3)19-17(20-15)22-8-6-21(7-9-22)16(23)14-5-4-10-24-14/h4-5,10-12H,6-9H2,1-3H3,(H,18,19,20). The molecule has 1 aliphatic heterocycles. The summed E-state index contributed by atoms with van der Waals surface area (Å²) in [5.41, 5.74) is 0.928. The van der Waals surface area contributed by atoms with Crippen molar-refractivity contribution in [3.8, 4) is 0 Å². The van der Waals surface area contributed by atoms with Gasteiger partial charge < -0.3 is 19.5 Å². The SMILES string of the molecule is Cc1cc(NC(C)C)nc(N2CCN(C(=O)c3ccco3)CC2)n1. The highest BCUT2D eigenvalue weighted by molar-refractivity contribution is 5.91. The predicted molar refractivity (Wildman–Crippen MR) is 92.4 cm³/mol. The van der Waals surface area contributed by atoms with Gasteiger partial charge in [0.1, 0.15) is 5.82 Å². The fourth-order valence-corrected chi connectivity index (χ4v) is 2.73. The molecule has 1 amide bonds. The van der Waals surface area contributed by atoms with Crippen LogP contribution in [0, 0.1) is 6.92 Å². The lowest BCUT2D eigenvalue weighted by atomic mass is 10.3. The van der Waals surface area contributed by atoms with Crippen LogP contribution in [-0.4, -0.2) is 53.0 Å². The highest BCUT2D eigenvalue weighted by Crippen LogP contribution is 2.17. The van der Waals surface area contributed by atoms with Crippen LogP contribution in [0.25, 0.3) is 0 Å². The van der Waals surface area contributed by atoms with Crippen LogP contribution in [-0.2, 0) is 0 Å². The average Bonchev–Trinajstić information content (AvgIpc) is 3.07. The smallest absolute Gasteiger partial charge is 0.289 e. The van der Waals surface area contributed by atoms with Crippen LogP contribution in [0.15, 0.2) is 28.9 Å². The molecule has 3 rings (SSSR count). The van der Waals surface area contributed by atoms with E-state index >= 15 is 0 Å². The number of amides is 1. The van der Waals surface area contributed by atoms with Crippen molar-refractivity contribution in [2.75, 3.05) is 36.4 Å². The maximum Gasteiger partial charge on any atom is 0.289 e. The number of hydrogen-bond donors (Lipinski definition) is 1. The summed E-state index contributed by atoms with van der Waals surface area (Å²) in [5.74, 6) is 1.87. The molecule has 7 nitrogen and oxygen atoms in total. The van der Waals surface area contributed by atoms with Crippen molar-refractivity contribution < 1.29 is 9.21 Å². The summed E-state index contributed by atoms with van der Waals surface area (Å²) >= 11 is 0. The number of aryl methyl sites for hydroxylation is 1. The normalized spacial score (nSPS) is 15.0. The first kappa shape index (κ1) is 16.3. The summed E-state index contributed by atoms with van der Waals surface area (Å²) in [6, 6.07) is 5.69. The van der Waals surface area contributed by atoms with Crippen LogP contribution in [0.5, 0.6) is 0 Å². The van der Waals surface area contributed by atoms with Gasteiger partial charge in [0, 0.05) is 44.0 Å². The fraction of sp³-hybridized carbons (Fsp3) is 0.471. The molecular weight excluding hydrogens is 306 g/mol. The summed E-state index contributed by atoms with van der Waals surface area (Å²) in [5, 5.41) is 3.32. The Balaban J connectivity index is 1.66. The highest BCUT2D eigenvalue weighted by Gasteiger charge is 2.25. The van der Waals surface area contributed by atoms with Gasteiger partial charge in [0.25, 0.3) is 5.91 Å². The molecule has 0 spiro atoms. The van der Waals surface area contributed by atoms with Gasteiger partial charge in [0.2, 0.25) is 5.95 Å². The molecule has 1 fully saturated rings. The number of piperazine rings is 1. The minimum atomic E-state index is -0.0630. The van der Waals surface area contributed by atoms with Gasteiger partial charge in [0.05, 0.1) is 6.26 Å². The molecule has 0 aromatic carbocycles. The number of furan rings is 1. The third kappa shape index (κ3) is 3.67. The predicted octanol–water partition coefficient (Wildman–Crippen LogP) is 2.16. The van der Waals surface area contributed by atoms with E-state index in [4.69, 9.17) is 4.42 Å². The number of hydrogen-bond acceptors (Lipinski definition) is 6. The van der Waals surface area contributed by atoms with Gasteiger partial charge in [-0.3, -0.25) is 4.79 Å². The number of rotatable bonds is 4. The third-order valence-corrected chi connectivity index (χ3v) is 3.86. The van der Waals surface area contributed by atoms with Crippen LogP contribution in [0.2, 0.25) is 0 Å². The molecule has 128 valence electrons. The summed E-state index contributed by atoms with van der Waals surface area (Å²) < 4.78 is 5.19. The van der Waals surface area contributed by atoms with Gasteiger partial charge in [-0.25, -0.2) is 4.98 Å². The van der Waals surface area contributed by atoms with Crippen molar-refractivity contribution in [1.82, 2.24) is 14.9 Å². The molecule has 1 aliphatic rings. The molecule has 24 heavy (non-hydrogen) atoms. The summed E-state index contributed by atoms with van der Waals surface area (Å²) in [4.78, 5) is 25.4. The van der Waals surface area contributed by atoms with Gasteiger partial charge in [-0.1, -0.05) is 0 Å². The lowest BCUT2D eigenvalue weighted by Gasteiger charge is -2.34. The van der Waals surface area contributed by atoms with Crippen LogP contribution in [0.3, 0.4) is 0 Å². The Hall–Kier alpha value is -2.57. The second-order valence-corrected chi connectivity index (χ2v) is 6.25. The molecular formula is C17H23N5O2. The van der Waals surface area contributed by atoms with Gasteiger partial charge >= 0.3 is 0 Å². The molecule has 2 aromatic heterocycles. The van der Waals surface area contributed by atoms with E-state index in [-0.39, 0.29) is 5.91 Å². The van der Waals surface area contributed by atoms with E-state index in [1.807, 2.05) is 13.0 Å². The Morgan fingerprint density at radius 1 is 1.25 bits per heavy atom. The first-order chi connectivity index (χ1) is 11.5. The van der Waals surface area contributed by atoms with E-state index in [0.717, 1.165) is 11.5 Å². The van der Waals surface area contributed by atoms with E-state index in [0.29, 0.717) is 43.9 Å². The largest absolute Gasteiger partial charge is 0.459 e. The minimum absolute atomic E-state index is 0.0630. The zero-order valence-corrected chi connectivity index (χ0v) is 14.3. The Bertz CT molecular complexity index is 691. The summed E-state index contributed by atoms with van der Waals surface area (Å²) in [6.07, 6.45) is 1.52. The summed E-state index contributed by atoms with van der Waals surface area (Å²) in [7, 11) is 0. The van der Waals surface area contributed by atoms with Crippen molar-refractivity contribution in [1.29, 1.82) is 0 Å². The van der Waals surface area contributed by atoms with Gasteiger partial charge in [0.15, 0.2) is 5.76 Å². The Morgan fingerprint density at radius 2 is 2.00 bits per heavy atom. The third-order valence-electron chi connectivity index (χ3n) is 3.86. The molecule has 0 bridgehead atoms. The molecule has 0 radical (unpaired) electrons. The van der Waals surface area contributed by atoms with Crippen molar-refractivity contribution in [3.63, 3.8) is 0 Å². The number of nitrogens with zero attached hydrogens (tertiary/aromatic N) is 4. The second kappa shape index (κ2) is 6.90. The first-order valence-electron chi connectivity index (χ1n) is 8.23. The molecule has 0 aliphatic carbocycles. The molecule has 0 unspecified atom stereocenters. The van der Waals surface area contributed by atoms with E-state index < -0.39 is 0 Å². The van der Waals surface area contributed by atoms with Gasteiger partial charge in [-0.15, -0.1) is 0 Å². The number of aromatic nitrogens is 2. The monoisotopic (exact) mass is 329 g/mol. The second-order valence-electron chi connectivity index (χ2n) is 6.25. The van der Waals surface area contributed by atoms with Crippen molar-refractivity contribution in [3.05, 3.63) is 35.9 Å². The Kier molecular flexibility index (Phi) is 4.69. The molecule has 7 heteroatoms. The van der Waals surface area contributed by atoms with E-state index in [1.165, 1.54) is 6.26 Å². The van der Waals surface area contributed by atoms with Crippen LogP contribution in [0.1, 0.15) is 30.1 Å². The maximum atomic E-state index is 12.3. The lowest BCUT2D eigenvalue weighted by Crippen LogP contribution is -2.49. The molecule has 0 saturated carbocycles. The van der Waals surface area contributed by atoms with Gasteiger partial charge in [-0.05, 0) is 32.9 Å². The molecule has 0 atom stereocenters. The maximum absolute atomic E-state index is 12.3. The van der Waals surface area contributed by atoms with Gasteiger partial charge in [-0.2, -0.15) is 4.98 Å². The van der Waals surface area contributed by atoms with Crippen LogP contribution < -0.4 is 10.2 Å². The Morgan fingerprint density at radius 3 is 2.62 bits per heavy atom. The summed E-state index contributed by atoms with van der Waals surface area (Å²) in [6.45, 7) is 8.79. The minimum Gasteiger partial charge on any atom is -0.459 e. The van der Waals surface area contributed by atoms with Crippen molar-refractivity contribution >= 4 is 17.7 Å². The quantitative estimate of drug-likeness (QED) is 0.926. The molecule has 1 N–H and O–H groups in total. The zero-order chi connectivity index (χ0) is 17.1. The van der Waals surface area contributed by atoms with Crippen molar-refractivity contribution in [2.24, 2.45) is 0 Å². The number of carbonyl (C=O) groups excluding carboxylic acids is 1. The van der Waals surface area contributed by atoms with Crippen LogP contribution >= 0.6 is 0 Å². The molecule has 3 heterocycles. The lowest BCUT2D eigenvalue weighted by molar-refractivity contribution is 0.0714. The van der Waals surface area contributed by atoms with E-state index in [1.54, 1.807) is 17.0 Å².